The highest BCUT2D eigenvalue weighted by atomic mass is 15.0. The van der Waals surface area contributed by atoms with E-state index < -0.39 is 83.6 Å². The zero-order valence-corrected chi connectivity index (χ0v) is 30.0. The summed E-state index contributed by atoms with van der Waals surface area (Å²) in [6, 6.07) is 36.1. The van der Waals surface area contributed by atoms with Crippen molar-refractivity contribution in [2.75, 3.05) is 0 Å². The summed E-state index contributed by atoms with van der Waals surface area (Å²) in [4.78, 5) is 15.0. The van der Waals surface area contributed by atoms with Gasteiger partial charge in [-0.2, -0.15) is 0 Å². The van der Waals surface area contributed by atoms with Gasteiger partial charge in [0.05, 0.1) is 27.5 Å². The summed E-state index contributed by atoms with van der Waals surface area (Å²) in [5.74, 6) is 1.19. The van der Waals surface area contributed by atoms with Gasteiger partial charge in [-0.1, -0.05) is 158 Å². The van der Waals surface area contributed by atoms with Crippen LogP contribution in [0.2, 0.25) is 0 Å². The molecule has 0 atom stereocenters. The highest BCUT2D eigenvalue weighted by Crippen LogP contribution is 2.36. The van der Waals surface area contributed by atoms with Crippen molar-refractivity contribution < 1.29 is 16.4 Å². The maximum atomic E-state index is 9.49. The molecule has 0 aliphatic carbocycles. The van der Waals surface area contributed by atoms with Crippen molar-refractivity contribution >= 4 is 43.4 Å². The first-order valence-electron chi connectivity index (χ1n) is 24.3. The molecule has 4 nitrogen and oxygen atoms in total. The molecule has 4 heteroatoms. The van der Waals surface area contributed by atoms with Crippen LogP contribution in [0.15, 0.2) is 206 Å². The van der Waals surface area contributed by atoms with Gasteiger partial charge in [0.15, 0.2) is 17.5 Å². The maximum absolute atomic E-state index is 9.49. The lowest BCUT2D eigenvalue weighted by molar-refractivity contribution is 1.07. The van der Waals surface area contributed by atoms with Crippen LogP contribution in [0.4, 0.5) is 0 Å². The van der Waals surface area contributed by atoms with E-state index in [9.17, 15) is 4.11 Å². The van der Waals surface area contributed by atoms with Crippen LogP contribution < -0.4 is 0 Å². The number of benzene rings is 9. The number of hydrogen-bond acceptors (Lipinski definition) is 3. The van der Waals surface area contributed by atoms with Crippen molar-refractivity contribution in [3.8, 4) is 62.1 Å². The van der Waals surface area contributed by atoms with Gasteiger partial charge in [0.25, 0.3) is 0 Å². The second-order valence-electron chi connectivity index (χ2n) is 13.6. The van der Waals surface area contributed by atoms with E-state index in [0.29, 0.717) is 28.7 Å². The first-order chi connectivity index (χ1) is 33.2. The minimum Gasteiger partial charge on any atom is -0.309 e. The highest BCUT2D eigenvalue weighted by molar-refractivity contribution is 6.11. The normalized spacial score (nSPS) is 14.5. The monoisotopic (exact) mass is 738 g/mol. The van der Waals surface area contributed by atoms with E-state index in [0.717, 1.165) is 43.8 Å². The van der Waals surface area contributed by atoms with Crippen molar-refractivity contribution in [2.45, 2.75) is 0 Å². The molecule has 0 fully saturated rings. The first-order valence-corrected chi connectivity index (χ1v) is 18.3. The molecule has 11 aromatic rings. The molecular formula is C53H34N4. The Morgan fingerprint density at radius 3 is 1.72 bits per heavy atom. The van der Waals surface area contributed by atoms with Gasteiger partial charge in [-0.25, -0.2) is 15.0 Å². The molecule has 9 aromatic carbocycles. The third-order valence-electron chi connectivity index (χ3n) is 10.2. The van der Waals surface area contributed by atoms with E-state index in [1.807, 2.05) is 72.8 Å². The molecule has 0 radical (unpaired) electrons. The standard InChI is InChI=1S/C53H34N4/c1-3-11-35(12-4-1)37-19-22-39(23-20-37)51-54-52(56-53(55-51)43-27-31-46-42(33-43)24-21-38-15-7-8-16-45(38)46)40-25-29-44(30-26-40)57-49-18-10-9-17-47(49)48-34-41(28-32-50(48)57)36-13-5-2-6-14-36/h1-34H/i2D,5D,6D,9D,10D,13D,14D,17D,18D,28D,32D,34D. The summed E-state index contributed by atoms with van der Waals surface area (Å²) < 4.78 is 107. The average molecular weight is 739 g/mol. The van der Waals surface area contributed by atoms with Gasteiger partial charge in [0, 0.05) is 33.2 Å². The van der Waals surface area contributed by atoms with Crippen LogP contribution in [0.3, 0.4) is 0 Å². The summed E-state index contributed by atoms with van der Waals surface area (Å²) in [6.07, 6.45) is 0. The largest absolute Gasteiger partial charge is 0.309 e. The van der Waals surface area contributed by atoms with Gasteiger partial charge in [-0.3, -0.25) is 0 Å². The minimum atomic E-state index is -0.690. The molecule has 57 heavy (non-hydrogen) atoms. The molecule has 0 amide bonds. The van der Waals surface area contributed by atoms with Gasteiger partial charge in [-0.15, -0.1) is 0 Å². The molecular weight excluding hydrogens is 693 g/mol. The average Bonchev–Trinajstić information content (AvgIpc) is 3.76. The fourth-order valence-corrected chi connectivity index (χ4v) is 7.39. The van der Waals surface area contributed by atoms with Gasteiger partial charge >= 0.3 is 0 Å². The van der Waals surface area contributed by atoms with Gasteiger partial charge in [0.1, 0.15) is 0 Å². The van der Waals surface area contributed by atoms with Crippen molar-refractivity contribution in [1.82, 2.24) is 19.5 Å². The van der Waals surface area contributed by atoms with Gasteiger partial charge < -0.3 is 4.57 Å². The number of aromatic nitrogens is 4. The molecule has 0 aliphatic heterocycles. The Hall–Kier alpha value is -7.69. The number of para-hydroxylation sites is 1. The van der Waals surface area contributed by atoms with Crippen molar-refractivity contribution in [3.63, 3.8) is 0 Å². The molecule has 0 N–H and O–H groups in total. The SMILES string of the molecule is [2H]c1c([2H])c([2H])c(-c2c([2H])c([2H])c3c(c2[2H])c2c([2H])c([2H])c([2H])c([2H])c2n3-c2ccc(-c3nc(-c4ccc(-c5ccccc5)cc4)nc(-c4ccc5c(ccc6ccccc65)c4)n3)cc2)c([2H])c1[2H]. The Morgan fingerprint density at radius 1 is 0.351 bits per heavy atom. The van der Waals surface area contributed by atoms with Crippen LogP contribution in [0.25, 0.3) is 105 Å². The fourth-order valence-electron chi connectivity index (χ4n) is 7.39. The summed E-state index contributed by atoms with van der Waals surface area (Å²) in [5.41, 5.74) is 3.44. The number of nitrogens with zero attached hydrogens (tertiary/aromatic N) is 4. The lowest BCUT2D eigenvalue weighted by Gasteiger charge is -2.12. The lowest BCUT2D eigenvalue weighted by Crippen LogP contribution is -2.01. The maximum Gasteiger partial charge on any atom is 0.164 e. The molecule has 0 saturated carbocycles. The Labute approximate surface area is 346 Å². The van der Waals surface area contributed by atoms with Crippen LogP contribution in [0.1, 0.15) is 16.4 Å². The van der Waals surface area contributed by atoms with Crippen molar-refractivity contribution in [3.05, 3.63) is 206 Å². The van der Waals surface area contributed by atoms with Crippen LogP contribution in [-0.4, -0.2) is 19.5 Å². The van der Waals surface area contributed by atoms with Crippen LogP contribution in [0, 0.1) is 0 Å². The van der Waals surface area contributed by atoms with Crippen LogP contribution in [-0.2, 0) is 0 Å². The van der Waals surface area contributed by atoms with Gasteiger partial charge in [0.2, 0.25) is 0 Å². The summed E-state index contributed by atoms with van der Waals surface area (Å²) in [6.45, 7) is 0. The third-order valence-corrected chi connectivity index (χ3v) is 10.2. The molecule has 0 spiro atoms. The lowest BCUT2D eigenvalue weighted by atomic mass is 10.00. The van der Waals surface area contributed by atoms with Crippen LogP contribution >= 0.6 is 0 Å². The number of hydrogen-bond donors (Lipinski definition) is 0. The summed E-state index contributed by atoms with van der Waals surface area (Å²) in [5, 5.41) is 4.09. The fraction of sp³-hybridized carbons (Fsp3) is 0. The van der Waals surface area contributed by atoms with E-state index in [2.05, 4.69) is 36.4 Å². The summed E-state index contributed by atoms with van der Waals surface area (Å²) in [7, 11) is 0. The smallest absolute Gasteiger partial charge is 0.164 e. The van der Waals surface area contributed by atoms with E-state index in [1.54, 1.807) is 24.3 Å². The molecule has 0 unspecified atom stereocenters. The predicted molar refractivity (Wildman–Crippen MR) is 236 cm³/mol. The Bertz CT molecular complexity index is 3940. The summed E-state index contributed by atoms with van der Waals surface area (Å²) >= 11 is 0. The van der Waals surface area contributed by atoms with E-state index in [4.69, 9.17) is 27.3 Å². The molecule has 266 valence electrons. The molecule has 11 rings (SSSR count). The molecule has 2 heterocycles. The molecule has 0 aliphatic rings. The first kappa shape index (κ1) is 22.6. The topological polar surface area (TPSA) is 43.6 Å². The second-order valence-corrected chi connectivity index (χ2v) is 13.6. The Kier molecular flexibility index (Phi) is 5.38. The molecule has 0 bridgehead atoms. The second kappa shape index (κ2) is 13.6. The highest BCUT2D eigenvalue weighted by Gasteiger charge is 2.16. The third kappa shape index (κ3) is 5.83. The van der Waals surface area contributed by atoms with E-state index in [1.165, 1.54) is 4.57 Å². The van der Waals surface area contributed by atoms with E-state index in [-0.39, 0.29) is 21.8 Å². The number of fused-ring (bicyclic) bond motifs is 6. The van der Waals surface area contributed by atoms with Crippen molar-refractivity contribution in [2.24, 2.45) is 0 Å². The Balaban J connectivity index is 1.10. The van der Waals surface area contributed by atoms with Crippen LogP contribution in [0.5, 0.6) is 0 Å². The molecule has 0 saturated heterocycles. The number of rotatable bonds is 6. The quantitative estimate of drug-likeness (QED) is 0.160. The zero-order chi connectivity index (χ0) is 48.2. The van der Waals surface area contributed by atoms with E-state index >= 15 is 0 Å². The Morgan fingerprint density at radius 2 is 0.930 bits per heavy atom. The molecule has 2 aromatic heterocycles. The zero-order valence-electron chi connectivity index (χ0n) is 42.0. The van der Waals surface area contributed by atoms with Crippen molar-refractivity contribution in [1.29, 1.82) is 0 Å². The van der Waals surface area contributed by atoms with Gasteiger partial charge in [-0.05, 0) is 92.3 Å². The minimum absolute atomic E-state index is 0.0730. The predicted octanol–water partition coefficient (Wildman–Crippen LogP) is 13.6.